The number of benzene rings is 1. The van der Waals surface area contributed by atoms with E-state index in [4.69, 9.17) is 9.47 Å². The van der Waals surface area contributed by atoms with Crippen LogP contribution in [0.4, 0.5) is 24.1 Å². The van der Waals surface area contributed by atoms with Crippen LogP contribution in [0.15, 0.2) is 23.2 Å². The predicted molar refractivity (Wildman–Crippen MR) is 135 cm³/mol. The maximum Gasteiger partial charge on any atom is 0.425 e. The number of ether oxygens (including phenoxy) is 2. The molecular weight excluding hydrogens is 544 g/mol. The van der Waals surface area contributed by atoms with E-state index >= 15 is 4.39 Å². The van der Waals surface area contributed by atoms with Crippen molar-refractivity contribution in [3.05, 3.63) is 39.7 Å². The number of amidine groups is 1. The Hall–Kier alpha value is -3.49. The second-order valence-electron chi connectivity index (χ2n) is 11.2. The normalized spacial score (nSPS) is 22.8. The molecule has 0 bridgehead atoms. The number of nitro benzene ring substituents is 1. The van der Waals surface area contributed by atoms with Crippen molar-refractivity contribution in [1.82, 2.24) is 4.90 Å². The van der Waals surface area contributed by atoms with Gasteiger partial charge in [0, 0.05) is 24.1 Å². The number of hydrogen-bond donors (Lipinski definition) is 0. The molecule has 1 aliphatic rings. The Morgan fingerprint density at radius 3 is 2.08 bits per heavy atom. The average molecular weight is 576 g/mol. The summed E-state index contributed by atoms with van der Waals surface area (Å²) in [6, 6.07) is 2.32. The number of nitrogens with zero attached hydrogens (tertiary/aromatic N) is 3. The molecule has 2 rings (SSSR count). The second-order valence-corrected chi connectivity index (χ2v) is 13.5. The van der Waals surface area contributed by atoms with Gasteiger partial charge in [-0.15, -0.1) is 0 Å². The molecule has 2 amide bonds. The first-order valence-corrected chi connectivity index (χ1v) is 13.3. The molecule has 12 nitrogen and oxygen atoms in total. The van der Waals surface area contributed by atoms with Crippen LogP contribution >= 0.6 is 0 Å². The molecule has 0 N–H and O–H groups in total. The molecule has 1 heterocycles. The minimum atomic E-state index is -4.88. The summed E-state index contributed by atoms with van der Waals surface area (Å²) in [7, 11) is -4.88. The van der Waals surface area contributed by atoms with Crippen molar-refractivity contribution in [1.29, 1.82) is 0 Å². The predicted octanol–water partition coefficient (Wildman–Crippen LogP) is 4.25. The second kappa shape index (κ2) is 10.6. The van der Waals surface area contributed by atoms with Gasteiger partial charge in [-0.05, 0) is 54.5 Å². The largest absolute Gasteiger partial charge is 0.443 e. The van der Waals surface area contributed by atoms with Crippen molar-refractivity contribution in [2.24, 2.45) is 4.99 Å². The zero-order valence-corrected chi connectivity index (χ0v) is 23.4. The van der Waals surface area contributed by atoms with Gasteiger partial charge in [-0.3, -0.25) is 15.1 Å². The quantitative estimate of drug-likeness (QED) is 0.284. The highest BCUT2D eigenvalue weighted by Crippen LogP contribution is 2.42. The van der Waals surface area contributed by atoms with Crippen LogP contribution in [0.2, 0.25) is 0 Å². The zero-order chi connectivity index (χ0) is 30.2. The molecule has 0 saturated carbocycles. The third-order valence-electron chi connectivity index (χ3n) is 5.56. The number of sulfone groups is 1. The van der Waals surface area contributed by atoms with E-state index in [0.29, 0.717) is 0 Å². The molecule has 2 atom stereocenters. The van der Waals surface area contributed by atoms with E-state index in [1.807, 2.05) is 0 Å². The van der Waals surface area contributed by atoms with Crippen LogP contribution in [-0.4, -0.2) is 70.9 Å². The molecule has 1 aromatic carbocycles. The number of imide groups is 1. The molecule has 15 heteroatoms. The lowest BCUT2D eigenvalue weighted by Gasteiger charge is -2.43. The summed E-state index contributed by atoms with van der Waals surface area (Å²) in [6.45, 7) is 7.91. The monoisotopic (exact) mass is 575 g/mol. The van der Waals surface area contributed by atoms with E-state index in [0.717, 1.165) is 25.1 Å². The van der Waals surface area contributed by atoms with Gasteiger partial charge in [-0.25, -0.2) is 26.8 Å². The summed E-state index contributed by atoms with van der Waals surface area (Å²) in [5, 5.41) is 11.3. The van der Waals surface area contributed by atoms with Crippen molar-refractivity contribution in [3.63, 3.8) is 0 Å². The van der Waals surface area contributed by atoms with Crippen LogP contribution in [0.25, 0.3) is 0 Å². The van der Waals surface area contributed by atoms with Gasteiger partial charge >= 0.3 is 12.2 Å². The fraction of sp³-hybridized carbons (Fsp3) is 0.583. The summed E-state index contributed by atoms with van der Waals surface area (Å²) < 4.78 is 64.9. The number of carbonyl (C=O) groups excluding carboxylic acids is 3. The highest BCUT2D eigenvalue weighted by Gasteiger charge is 2.60. The lowest BCUT2D eigenvalue weighted by Crippen LogP contribution is -2.64. The van der Waals surface area contributed by atoms with E-state index in [1.54, 1.807) is 0 Å². The van der Waals surface area contributed by atoms with Gasteiger partial charge in [0.15, 0.2) is 14.6 Å². The number of aldehydes is 1. The van der Waals surface area contributed by atoms with E-state index in [-0.39, 0.29) is 11.2 Å². The number of nitro groups is 1. The first-order chi connectivity index (χ1) is 17.6. The number of carbonyl (C=O) groups is 3. The molecule has 0 aromatic heterocycles. The number of hydrogen-bond acceptors (Lipinski definition) is 10. The van der Waals surface area contributed by atoms with Gasteiger partial charge in [0.1, 0.15) is 41.4 Å². The first kappa shape index (κ1) is 31.7. The van der Waals surface area contributed by atoms with Crippen LogP contribution < -0.4 is 0 Å². The Kier molecular flexibility index (Phi) is 8.61. The molecular formula is C24H31F2N3O9S. The fourth-order valence-electron chi connectivity index (χ4n) is 3.86. The minimum absolute atomic E-state index is 0.0732. The Labute approximate surface area is 224 Å². The van der Waals surface area contributed by atoms with Crippen molar-refractivity contribution in [2.75, 3.05) is 12.4 Å². The standard InChI is InChI=1S/C24H31F2N3O9S/c1-21(2,3)37-19(31)28(20(32)38-22(4,5)6)18-24(13-25,10-11-30)39(35,36)14-23(7,27-18)16-12-15(29(33)34)8-9-17(16)26/h8-9,11-12H,10,13-14H2,1-7H3. The van der Waals surface area contributed by atoms with E-state index in [9.17, 15) is 37.3 Å². The Morgan fingerprint density at radius 2 is 1.67 bits per heavy atom. The van der Waals surface area contributed by atoms with E-state index in [2.05, 4.69) is 4.99 Å². The Morgan fingerprint density at radius 1 is 1.15 bits per heavy atom. The van der Waals surface area contributed by atoms with Crippen LogP contribution in [0.5, 0.6) is 0 Å². The van der Waals surface area contributed by atoms with Crippen LogP contribution in [-0.2, 0) is 29.6 Å². The molecule has 0 aliphatic carbocycles. The third kappa shape index (κ3) is 6.57. The number of rotatable bonds is 5. The molecule has 216 valence electrons. The topological polar surface area (TPSA) is 163 Å². The molecule has 0 saturated heterocycles. The number of aliphatic imine (C=N–C) groups is 1. The Balaban J connectivity index is 3.03. The highest BCUT2D eigenvalue weighted by atomic mass is 32.2. The number of amides is 2. The average Bonchev–Trinajstić information content (AvgIpc) is 2.73. The van der Waals surface area contributed by atoms with E-state index in [1.165, 1.54) is 41.5 Å². The van der Waals surface area contributed by atoms with Crippen molar-refractivity contribution >= 4 is 39.8 Å². The van der Waals surface area contributed by atoms with Crippen molar-refractivity contribution in [3.8, 4) is 0 Å². The lowest BCUT2D eigenvalue weighted by molar-refractivity contribution is -0.385. The van der Waals surface area contributed by atoms with Gasteiger partial charge in [0.05, 0.1) is 10.7 Å². The van der Waals surface area contributed by atoms with E-state index < -0.39 is 90.2 Å². The van der Waals surface area contributed by atoms with Gasteiger partial charge in [-0.2, -0.15) is 4.90 Å². The zero-order valence-electron chi connectivity index (χ0n) is 22.6. The van der Waals surface area contributed by atoms with Gasteiger partial charge in [0.2, 0.25) is 0 Å². The molecule has 0 radical (unpaired) electrons. The maximum absolute atomic E-state index is 15.0. The van der Waals surface area contributed by atoms with Crippen molar-refractivity contribution in [2.45, 2.75) is 76.4 Å². The number of alkyl halides is 1. The molecule has 0 spiro atoms. The smallest absolute Gasteiger partial charge is 0.425 e. The fourth-order valence-corrected chi connectivity index (χ4v) is 6.00. The number of non-ortho nitro benzene ring substituents is 1. The molecule has 1 aliphatic heterocycles. The molecule has 1 aromatic rings. The number of halogens is 2. The van der Waals surface area contributed by atoms with Crippen LogP contribution in [0.3, 0.4) is 0 Å². The van der Waals surface area contributed by atoms with Gasteiger partial charge < -0.3 is 14.3 Å². The summed E-state index contributed by atoms with van der Waals surface area (Å²) in [5.74, 6) is -3.29. The Bertz CT molecular complexity index is 1290. The molecule has 0 fully saturated rings. The summed E-state index contributed by atoms with van der Waals surface area (Å²) in [4.78, 5) is 53.0. The summed E-state index contributed by atoms with van der Waals surface area (Å²) in [5.41, 5.74) is -5.89. The molecule has 39 heavy (non-hydrogen) atoms. The minimum Gasteiger partial charge on any atom is -0.443 e. The third-order valence-corrected chi connectivity index (χ3v) is 8.15. The van der Waals surface area contributed by atoms with Crippen molar-refractivity contribution < 1.29 is 46.0 Å². The lowest BCUT2D eigenvalue weighted by atomic mass is 9.92. The summed E-state index contributed by atoms with van der Waals surface area (Å²) in [6.07, 6.45) is -4.00. The van der Waals surface area contributed by atoms with Gasteiger partial charge in [-0.1, -0.05) is 0 Å². The molecule has 2 unspecified atom stereocenters. The van der Waals surface area contributed by atoms with Gasteiger partial charge in [0.25, 0.3) is 5.69 Å². The van der Waals surface area contributed by atoms with Crippen LogP contribution in [0, 0.1) is 15.9 Å². The maximum atomic E-state index is 15.0. The first-order valence-electron chi connectivity index (χ1n) is 11.7. The SMILES string of the molecule is CC(C)(C)OC(=O)N(C(=O)OC(C)(C)C)C1=NC(C)(c2cc([N+](=O)[O-])ccc2F)CS(=O)(=O)C1(CF)CC=O. The highest BCUT2D eigenvalue weighted by molar-refractivity contribution is 7.93. The van der Waals surface area contributed by atoms with Crippen LogP contribution in [0.1, 0.15) is 60.5 Å². The summed E-state index contributed by atoms with van der Waals surface area (Å²) >= 11 is 0.